The Morgan fingerprint density at radius 1 is 1.12 bits per heavy atom. The summed E-state index contributed by atoms with van der Waals surface area (Å²) in [7, 11) is 1.62. The molecule has 0 aliphatic heterocycles. The molecule has 2 atom stereocenters. The molecule has 0 aromatic heterocycles. The fourth-order valence-corrected chi connectivity index (χ4v) is 2.97. The van der Waals surface area contributed by atoms with Gasteiger partial charge in [0.15, 0.2) is 5.78 Å². The fourth-order valence-electron chi connectivity index (χ4n) is 2.97. The lowest BCUT2D eigenvalue weighted by molar-refractivity contribution is -0.130. The summed E-state index contributed by atoms with van der Waals surface area (Å²) in [5, 5.41) is 6.04. The van der Waals surface area contributed by atoms with Crippen molar-refractivity contribution in [2.24, 2.45) is 11.7 Å². The molecule has 140 valence electrons. The summed E-state index contributed by atoms with van der Waals surface area (Å²) < 4.78 is 0. The first-order valence-electron chi connectivity index (χ1n) is 9.22. The lowest BCUT2D eigenvalue weighted by Gasteiger charge is -2.23. The molecule has 0 unspecified atom stereocenters. The minimum absolute atomic E-state index is 0.0617. The van der Waals surface area contributed by atoms with Gasteiger partial charge in [0, 0.05) is 25.4 Å². The maximum atomic E-state index is 12.9. The maximum absolute atomic E-state index is 12.9. The van der Waals surface area contributed by atoms with Gasteiger partial charge in [-0.15, -0.1) is 0 Å². The Morgan fingerprint density at radius 3 is 2.36 bits per heavy atom. The molecule has 0 saturated carbocycles. The van der Waals surface area contributed by atoms with Gasteiger partial charge in [0.05, 0.1) is 6.04 Å². The van der Waals surface area contributed by atoms with Gasteiger partial charge in [-0.3, -0.25) is 9.59 Å². The highest BCUT2D eigenvalue weighted by molar-refractivity contribution is 5.89. The number of carbonyl (C=O) groups excluding carboxylic acids is 2. The van der Waals surface area contributed by atoms with Gasteiger partial charge in [-0.05, 0) is 31.4 Å². The minimum Gasteiger partial charge on any atom is -0.359 e. The second-order valence-electron chi connectivity index (χ2n) is 6.83. The van der Waals surface area contributed by atoms with E-state index in [1.165, 1.54) is 0 Å². The van der Waals surface area contributed by atoms with Crippen molar-refractivity contribution in [2.45, 2.75) is 58.0 Å². The van der Waals surface area contributed by atoms with Crippen LogP contribution in [0.5, 0.6) is 0 Å². The van der Waals surface area contributed by atoms with Crippen LogP contribution in [0.1, 0.15) is 45.1 Å². The zero-order chi connectivity index (χ0) is 18.7. The zero-order valence-electron chi connectivity index (χ0n) is 15.8. The second kappa shape index (κ2) is 11.8. The van der Waals surface area contributed by atoms with E-state index in [0.29, 0.717) is 19.4 Å². The van der Waals surface area contributed by atoms with Crippen molar-refractivity contribution in [3.63, 3.8) is 0 Å². The van der Waals surface area contributed by atoms with Gasteiger partial charge in [-0.25, -0.2) is 0 Å². The van der Waals surface area contributed by atoms with Gasteiger partial charge >= 0.3 is 0 Å². The summed E-state index contributed by atoms with van der Waals surface area (Å²) in [5.41, 5.74) is 6.66. The molecule has 1 amide bonds. The van der Waals surface area contributed by atoms with Crippen molar-refractivity contribution in [2.75, 3.05) is 13.6 Å². The molecule has 5 heteroatoms. The van der Waals surface area contributed by atoms with Crippen LogP contribution in [0.15, 0.2) is 30.3 Å². The number of nitrogens with one attached hydrogen (secondary N) is 2. The summed E-state index contributed by atoms with van der Waals surface area (Å²) in [6, 6.07) is 9.91. The average Bonchev–Trinajstić information content (AvgIpc) is 2.60. The molecule has 0 saturated heterocycles. The van der Waals surface area contributed by atoms with Crippen LogP contribution in [0.4, 0.5) is 0 Å². The molecule has 0 radical (unpaired) electrons. The third kappa shape index (κ3) is 8.27. The largest absolute Gasteiger partial charge is 0.359 e. The third-order valence-corrected chi connectivity index (χ3v) is 4.28. The first kappa shape index (κ1) is 21.3. The molecule has 1 rings (SSSR count). The van der Waals surface area contributed by atoms with E-state index < -0.39 is 0 Å². The molecule has 0 fully saturated rings. The molecule has 0 aliphatic carbocycles. The molecule has 1 aromatic carbocycles. The van der Waals surface area contributed by atoms with Crippen LogP contribution < -0.4 is 16.4 Å². The van der Waals surface area contributed by atoms with Crippen molar-refractivity contribution >= 4 is 11.7 Å². The van der Waals surface area contributed by atoms with Gasteiger partial charge < -0.3 is 16.4 Å². The molecule has 0 spiro atoms. The van der Waals surface area contributed by atoms with Gasteiger partial charge in [0.2, 0.25) is 5.91 Å². The first-order valence-corrected chi connectivity index (χ1v) is 9.22. The monoisotopic (exact) mass is 347 g/mol. The smallest absolute Gasteiger partial charge is 0.223 e. The summed E-state index contributed by atoms with van der Waals surface area (Å²) in [5.74, 6) is -0.247. The lowest BCUT2D eigenvalue weighted by Crippen LogP contribution is -2.44. The van der Waals surface area contributed by atoms with Crippen LogP contribution in [-0.2, 0) is 16.0 Å². The molecule has 25 heavy (non-hydrogen) atoms. The Bertz CT molecular complexity index is 517. The summed E-state index contributed by atoms with van der Waals surface area (Å²) in [6.45, 7) is 4.67. The van der Waals surface area contributed by atoms with Crippen molar-refractivity contribution in [3.8, 4) is 0 Å². The summed E-state index contributed by atoms with van der Waals surface area (Å²) >= 11 is 0. The zero-order valence-corrected chi connectivity index (χ0v) is 15.8. The van der Waals surface area contributed by atoms with Gasteiger partial charge in [0.1, 0.15) is 0 Å². The maximum Gasteiger partial charge on any atom is 0.223 e. The number of rotatable bonds is 12. The molecule has 1 aromatic rings. The Hall–Kier alpha value is -1.72. The van der Waals surface area contributed by atoms with Crippen LogP contribution in [0.3, 0.4) is 0 Å². The molecule has 0 bridgehead atoms. The predicted octanol–water partition coefficient (Wildman–Crippen LogP) is 2.05. The van der Waals surface area contributed by atoms with E-state index in [0.717, 1.165) is 18.4 Å². The lowest BCUT2D eigenvalue weighted by atomic mass is 9.90. The number of nitrogens with two attached hydrogens (primary N) is 1. The van der Waals surface area contributed by atoms with Gasteiger partial charge in [0.25, 0.3) is 0 Å². The van der Waals surface area contributed by atoms with Crippen LogP contribution in [0, 0.1) is 5.92 Å². The predicted molar refractivity (Wildman–Crippen MR) is 102 cm³/mol. The van der Waals surface area contributed by atoms with E-state index in [1.807, 2.05) is 44.2 Å². The highest BCUT2D eigenvalue weighted by atomic mass is 16.2. The number of carbonyl (C=O) groups is 2. The average molecular weight is 348 g/mol. The van der Waals surface area contributed by atoms with E-state index in [-0.39, 0.29) is 36.1 Å². The van der Waals surface area contributed by atoms with E-state index in [9.17, 15) is 9.59 Å². The van der Waals surface area contributed by atoms with Crippen molar-refractivity contribution < 1.29 is 9.59 Å². The standard InChI is InChI=1S/C20H33N3O2/c1-15(2)23-18(13-16-9-5-4-6-10-16)19(24)14-17(20(25)22-3)11-7-8-12-21/h4-6,9-10,15,17-18,23H,7-8,11-14,21H2,1-3H3,(H,22,25)/t17-,18+/m1/s1. The Labute approximate surface area is 151 Å². The van der Waals surface area contributed by atoms with Crippen molar-refractivity contribution in [1.29, 1.82) is 0 Å². The van der Waals surface area contributed by atoms with Crippen molar-refractivity contribution in [1.82, 2.24) is 10.6 Å². The van der Waals surface area contributed by atoms with E-state index in [4.69, 9.17) is 5.73 Å². The Kier molecular flexibility index (Phi) is 10.0. The number of Topliss-reactive ketones (excluding diaryl/α,β-unsaturated/α-hetero) is 1. The van der Waals surface area contributed by atoms with E-state index in [2.05, 4.69) is 10.6 Å². The van der Waals surface area contributed by atoms with Crippen LogP contribution in [-0.4, -0.2) is 37.4 Å². The van der Waals surface area contributed by atoms with Gasteiger partial charge in [-0.2, -0.15) is 0 Å². The number of benzene rings is 1. The number of ketones is 1. The number of amides is 1. The normalized spacial score (nSPS) is 13.5. The molecule has 0 heterocycles. The number of unbranched alkanes of at least 4 members (excludes halogenated alkanes) is 1. The molecule has 4 N–H and O–H groups in total. The van der Waals surface area contributed by atoms with Crippen LogP contribution in [0.25, 0.3) is 0 Å². The highest BCUT2D eigenvalue weighted by Gasteiger charge is 2.26. The SMILES string of the molecule is CNC(=O)[C@H](CCCCN)CC(=O)[C@H](Cc1ccccc1)NC(C)C. The summed E-state index contributed by atoms with van der Waals surface area (Å²) in [4.78, 5) is 25.0. The second-order valence-corrected chi connectivity index (χ2v) is 6.83. The fraction of sp³-hybridized carbons (Fsp3) is 0.600. The topological polar surface area (TPSA) is 84.2 Å². The van der Waals surface area contributed by atoms with Crippen molar-refractivity contribution in [3.05, 3.63) is 35.9 Å². The van der Waals surface area contributed by atoms with Gasteiger partial charge in [-0.1, -0.05) is 50.6 Å². The summed E-state index contributed by atoms with van der Waals surface area (Å²) in [6.07, 6.45) is 3.34. The van der Waals surface area contributed by atoms with Crippen LogP contribution in [0.2, 0.25) is 0 Å². The first-order chi connectivity index (χ1) is 12.0. The quantitative estimate of drug-likeness (QED) is 0.505. The van der Waals surface area contributed by atoms with Crippen LogP contribution >= 0.6 is 0 Å². The Balaban J connectivity index is 2.77. The molecule has 5 nitrogen and oxygen atoms in total. The molecular weight excluding hydrogens is 314 g/mol. The number of hydrogen-bond acceptors (Lipinski definition) is 4. The van der Waals surface area contributed by atoms with E-state index >= 15 is 0 Å². The molecule has 0 aliphatic rings. The highest BCUT2D eigenvalue weighted by Crippen LogP contribution is 2.16. The minimum atomic E-state index is -0.281. The third-order valence-electron chi connectivity index (χ3n) is 4.28. The molecular formula is C20H33N3O2. The Morgan fingerprint density at radius 2 is 1.80 bits per heavy atom. The number of hydrogen-bond donors (Lipinski definition) is 3. The van der Waals surface area contributed by atoms with E-state index in [1.54, 1.807) is 7.05 Å².